The summed E-state index contributed by atoms with van der Waals surface area (Å²) in [5, 5.41) is 8.90. The summed E-state index contributed by atoms with van der Waals surface area (Å²) in [6, 6.07) is 0. The first-order valence-corrected chi connectivity index (χ1v) is 14.7. The quantitative estimate of drug-likeness (QED) is 0.0760. The Balaban J connectivity index is 3.24. The van der Waals surface area contributed by atoms with Gasteiger partial charge in [-0.15, -0.1) is 0 Å². The molecule has 0 bridgehead atoms. The molecule has 0 rings (SSSR count). The maximum atomic E-state index is 11.6. The molecule has 1 unspecified atom stereocenters. The molecule has 0 aromatic carbocycles. The topological polar surface area (TPSA) is 63.6 Å². The van der Waals surface area contributed by atoms with E-state index < -0.39 is 12.1 Å². The van der Waals surface area contributed by atoms with Crippen LogP contribution in [-0.2, 0) is 14.3 Å². The van der Waals surface area contributed by atoms with Crippen LogP contribution in [0.1, 0.15) is 162 Å². The van der Waals surface area contributed by atoms with E-state index in [2.05, 4.69) is 19.1 Å². The molecule has 0 heterocycles. The molecule has 0 radical (unpaired) electrons. The molecule has 0 amide bonds. The molecule has 0 aromatic rings. The molecular formula is C30H56O4. The Hall–Kier alpha value is -1.32. The fourth-order valence-electron chi connectivity index (χ4n) is 4.28. The zero-order valence-electron chi connectivity index (χ0n) is 22.7. The zero-order valence-corrected chi connectivity index (χ0v) is 22.7. The lowest BCUT2D eigenvalue weighted by molar-refractivity contribution is -0.164. The van der Waals surface area contributed by atoms with Crippen LogP contribution in [0, 0.1) is 0 Å². The Kier molecular flexibility index (Phi) is 25.3. The highest BCUT2D eigenvalue weighted by atomic mass is 16.6. The van der Waals surface area contributed by atoms with Gasteiger partial charge in [0, 0.05) is 6.42 Å². The molecule has 0 saturated carbocycles. The van der Waals surface area contributed by atoms with Crippen molar-refractivity contribution < 1.29 is 19.4 Å². The number of unbranched alkanes of at least 4 members (excludes halogenated alkanes) is 19. The molecule has 0 aliphatic carbocycles. The van der Waals surface area contributed by atoms with Gasteiger partial charge in [-0.2, -0.15) is 0 Å². The van der Waals surface area contributed by atoms with E-state index in [1.807, 2.05) is 0 Å². The number of ether oxygens (including phenoxy) is 1. The summed E-state index contributed by atoms with van der Waals surface area (Å²) >= 11 is 0. The van der Waals surface area contributed by atoms with Crippen LogP contribution >= 0.6 is 0 Å². The third-order valence-electron chi connectivity index (χ3n) is 6.56. The van der Waals surface area contributed by atoms with Gasteiger partial charge in [0.15, 0.2) is 6.10 Å². The van der Waals surface area contributed by atoms with Gasteiger partial charge in [-0.3, -0.25) is 4.79 Å². The molecule has 4 heteroatoms. The predicted molar refractivity (Wildman–Crippen MR) is 144 cm³/mol. The number of rotatable bonds is 26. The minimum atomic E-state index is -1.06. The molecule has 4 nitrogen and oxygen atoms in total. The first-order valence-electron chi connectivity index (χ1n) is 14.7. The third kappa shape index (κ3) is 23.8. The van der Waals surface area contributed by atoms with Crippen molar-refractivity contribution >= 4 is 11.9 Å². The second-order valence-corrected chi connectivity index (χ2v) is 9.89. The van der Waals surface area contributed by atoms with E-state index in [1.165, 1.54) is 116 Å². The number of carbonyl (C=O) groups excluding carboxylic acids is 1. The maximum Gasteiger partial charge on any atom is 0.345 e. The summed E-state index contributed by atoms with van der Waals surface area (Å²) < 4.78 is 4.97. The SMILES string of the molecule is CCCCCCCCCC/C=C\CCCCCCCCCCCCCC(=O)OC(CC)C(=O)O. The van der Waals surface area contributed by atoms with Crippen LogP contribution in [0.15, 0.2) is 12.2 Å². The van der Waals surface area contributed by atoms with Crippen molar-refractivity contribution in [3.05, 3.63) is 12.2 Å². The van der Waals surface area contributed by atoms with Crippen molar-refractivity contribution in [2.75, 3.05) is 0 Å². The number of esters is 1. The van der Waals surface area contributed by atoms with E-state index in [4.69, 9.17) is 9.84 Å². The number of hydrogen-bond donors (Lipinski definition) is 1. The van der Waals surface area contributed by atoms with E-state index in [0.717, 1.165) is 19.3 Å². The van der Waals surface area contributed by atoms with Crippen LogP contribution in [0.2, 0.25) is 0 Å². The molecule has 0 spiro atoms. The van der Waals surface area contributed by atoms with Crippen LogP contribution < -0.4 is 0 Å². The molecular weight excluding hydrogens is 424 g/mol. The summed E-state index contributed by atoms with van der Waals surface area (Å²) in [4.78, 5) is 22.5. The summed E-state index contributed by atoms with van der Waals surface area (Å²) in [5.41, 5.74) is 0. The van der Waals surface area contributed by atoms with Gasteiger partial charge in [0.1, 0.15) is 0 Å². The van der Waals surface area contributed by atoms with Crippen molar-refractivity contribution in [2.45, 2.75) is 168 Å². The Morgan fingerprint density at radius 2 is 1.00 bits per heavy atom. The summed E-state index contributed by atoms with van der Waals surface area (Å²) in [5.74, 6) is -1.44. The molecule has 0 saturated heterocycles. The Morgan fingerprint density at radius 1 is 0.618 bits per heavy atom. The number of carboxylic acid groups (broad SMARTS) is 1. The minimum Gasteiger partial charge on any atom is -0.479 e. The number of carbonyl (C=O) groups is 2. The van der Waals surface area contributed by atoms with Gasteiger partial charge >= 0.3 is 11.9 Å². The summed E-state index contributed by atoms with van der Waals surface area (Å²) in [7, 11) is 0. The highest BCUT2D eigenvalue weighted by Gasteiger charge is 2.19. The van der Waals surface area contributed by atoms with Crippen LogP contribution in [0.25, 0.3) is 0 Å². The highest BCUT2D eigenvalue weighted by Crippen LogP contribution is 2.14. The fraction of sp³-hybridized carbons (Fsp3) is 0.867. The molecule has 34 heavy (non-hydrogen) atoms. The summed E-state index contributed by atoms with van der Waals surface area (Å²) in [6.45, 7) is 3.99. The Morgan fingerprint density at radius 3 is 1.38 bits per heavy atom. The molecule has 1 N–H and O–H groups in total. The second-order valence-electron chi connectivity index (χ2n) is 9.89. The smallest absolute Gasteiger partial charge is 0.345 e. The lowest BCUT2D eigenvalue weighted by atomic mass is 10.0. The number of carboxylic acids is 1. The van der Waals surface area contributed by atoms with E-state index in [0.29, 0.717) is 12.8 Å². The van der Waals surface area contributed by atoms with Gasteiger partial charge in [-0.1, -0.05) is 129 Å². The van der Waals surface area contributed by atoms with Gasteiger partial charge in [-0.25, -0.2) is 4.79 Å². The van der Waals surface area contributed by atoms with Crippen LogP contribution in [-0.4, -0.2) is 23.1 Å². The average molecular weight is 481 g/mol. The molecule has 0 aliphatic heterocycles. The van der Waals surface area contributed by atoms with Crippen molar-refractivity contribution in [1.29, 1.82) is 0 Å². The Bertz CT molecular complexity index is 486. The van der Waals surface area contributed by atoms with Crippen LogP contribution in [0.4, 0.5) is 0 Å². The first kappa shape index (κ1) is 32.7. The van der Waals surface area contributed by atoms with Crippen molar-refractivity contribution in [3.63, 3.8) is 0 Å². The molecule has 200 valence electrons. The van der Waals surface area contributed by atoms with Crippen LogP contribution in [0.5, 0.6) is 0 Å². The van der Waals surface area contributed by atoms with Gasteiger partial charge < -0.3 is 9.84 Å². The van der Waals surface area contributed by atoms with Gasteiger partial charge in [-0.05, 0) is 38.5 Å². The highest BCUT2D eigenvalue weighted by molar-refractivity contribution is 5.77. The van der Waals surface area contributed by atoms with E-state index in [1.54, 1.807) is 6.92 Å². The number of aliphatic carboxylic acids is 1. The largest absolute Gasteiger partial charge is 0.479 e. The average Bonchev–Trinajstić information content (AvgIpc) is 2.82. The second kappa shape index (κ2) is 26.3. The maximum absolute atomic E-state index is 11.6. The normalized spacial score (nSPS) is 12.3. The molecule has 1 atom stereocenters. The molecule has 0 aromatic heterocycles. The minimum absolute atomic E-state index is 0.317. The fourth-order valence-corrected chi connectivity index (χ4v) is 4.28. The zero-order chi connectivity index (χ0) is 25.1. The predicted octanol–water partition coefficient (Wildman–Crippen LogP) is 9.55. The van der Waals surface area contributed by atoms with E-state index in [9.17, 15) is 9.59 Å². The molecule has 0 aliphatic rings. The Labute approximate surface area is 211 Å². The van der Waals surface area contributed by atoms with E-state index in [-0.39, 0.29) is 5.97 Å². The lowest BCUT2D eigenvalue weighted by Gasteiger charge is -2.11. The monoisotopic (exact) mass is 480 g/mol. The first-order chi connectivity index (χ1) is 16.6. The van der Waals surface area contributed by atoms with Gasteiger partial charge in [0.05, 0.1) is 0 Å². The lowest BCUT2D eigenvalue weighted by Crippen LogP contribution is -2.26. The van der Waals surface area contributed by atoms with E-state index >= 15 is 0 Å². The standard InChI is InChI=1S/C30H56O4/c1-3-5-6-7-8-9-10-11-12-13-14-15-16-17-18-19-20-21-22-23-24-25-26-27-29(31)34-28(4-2)30(32)33/h13-14,28H,3-12,15-27H2,1-2H3,(H,32,33)/b14-13-. The summed E-state index contributed by atoms with van der Waals surface area (Å²) in [6.07, 6.45) is 31.7. The van der Waals surface area contributed by atoms with Gasteiger partial charge in [0.2, 0.25) is 0 Å². The molecule has 0 fully saturated rings. The van der Waals surface area contributed by atoms with Gasteiger partial charge in [0.25, 0.3) is 0 Å². The van der Waals surface area contributed by atoms with Crippen molar-refractivity contribution in [3.8, 4) is 0 Å². The van der Waals surface area contributed by atoms with Crippen molar-refractivity contribution in [2.24, 2.45) is 0 Å². The number of hydrogen-bond acceptors (Lipinski definition) is 3. The van der Waals surface area contributed by atoms with Crippen LogP contribution in [0.3, 0.4) is 0 Å². The third-order valence-corrected chi connectivity index (χ3v) is 6.56. The van der Waals surface area contributed by atoms with Crippen molar-refractivity contribution in [1.82, 2.24) is 0 Å². The number of allylic oxidation sites excluding steroid dienone is 2.